The van der Waals surface area contributed by atoms with Crippen LogP contribution in [0.3, 0.4) is 0 Å². The minimum atomic E-state index is -1.21. The first-order valence-electron chi connectivity index (χ1n) is 8.07. The summed E-state index contributed by atoms with van der Waals surface area (Å²) in [6.07, 6.45) is 2.58. The molecule has 0 atom stereocenters. The number of amides is 2. The van der Waals surface area contributed by atoms with Crippen molar-refractivity contribution in [3.05, 3.63) is 53.6 Å². The molecule has 0 spiro atoms. The molecule has 8 nitrogen and oxygen atoms in total. The van der Waals surface area contributed by atoms with Gasteiger partial charge >= 0.3 is 5.97 Å². The highest BCUT2D eigenvalue weighted by atomic mass is 16.4. The van der Waals surface area contributed by atoms with E-state index in [4.69, 9.17) is 5.11 Å². The first-order valence-corrected chi connectivity index (χ1v) is 8.07. The molecule has 1 aromatic carbocycles. The van der Waals surface area contributed by atoms with Crippen molar-refractivity contribution in [3.63, 3.8) is 0 Å². The van der Waals surface area contributed by atoms with E-state index in [1.165, 1.54) is 0 Å². The summed E-state index contributed by atoms with van der Waals surface area (Å²) in [5.74, 6) is -1.47. The lowest BCUT2D eigenvalue weighted by Crippen LogP contribution is -2.24. The Bertz CT molecular complexity index is 803. The van der Waals surface area contributed by atoms with Gasteiger partial charge in [-0.15, -0.1) is 0 Å². The molecule has 0 unspecified atom stereocenters. The highest BCUT2D eigenvalue weighted by molar-refractivity contribution is 5.93. The second kappa shape index (κ2) is 8.70. The number of nitrogens with one attached hydrogen (secondary N) is 2. The van der Waals surface area contributed by atoms with Crippen LogP contribution in [0.2, 0.25) is 0 Å². The fraction of sp³-hybridized carbons (Fsp3) is 0.278. The Balaban J connectivity index is 1.94. The van der Waals surface area contributed by atoms with Gasteiger partial charge in [-0.2, -0.15) is 0 Å². The zero-order valence-corrected chi connectivity index (χ0v) is 14.5. The predicted octanol–water partition coefficient (Wildman–Crippen LogP) is 2.09. The lowest BCUT2D eigenvalue weighted by atomic mass is 10.1. The second-order valence-electron chi connectivity index (χ2n) is 6.12. The summed E-state index contributed by atoms with van der Waals surface area (Å²) in [4.78, 5) is 42.0. The molecule has 1 aromatic heterocycles. The third-order valence-electron chi connectivity index (χ3n) is 3.36. The minimum Gasteiger partial charge on any atom is -0.476 e. The van der Waals surface area contributed by atoms with E-state index in [1.54, 1.807) is 18.2 Å². The topological polar surface area (TPSA) is 121 Å². The molecule has 136 valence electrons. The third-order valence-corrected chi connectivity index (χ3v) is 3.36. The number of anilines is 1. The maximum absolute atomic E-state index is 12.1. The van der Waals surface area contributed by atoms with Crippen LogP contribution in [-0.4, -0.2) is 32.9 Å². The van der Waals surface area contributed by atoms with Crippen LogP contribution < -0.4 is 10.6 Å². The maximum Gasteiger partial charge on any atom is 0.356 e. The monoisotopic (exact) mass is 356 g/mol. The number of hydrogen-bond acceptors (Lipinski definition) is 5. The van der Waals surface area contributed by atoms with Crippen molar-refractivity contribution in [1.82, 2.24) is 15.3 Å². The van der Waals surface area contributed by atoms with Gasteiger partial charge in [0.1, 0.15) is 5.69 Å². The molecule has 0 saturated carbocycles. The quantitative estimate of drug-likeness (QED) is 0.698. The molecule has 0 aliphatic carbocycles. The van der Waals surface area contributed by atoms with Crippen LogP contribution in [0.4, 0.5) is 5.69 Å². The number of carboxylic acid groups (broad SMARTS) is 1. The molecule has 0 fully saturated rings. The SMILES string of the molecule is CC(C)CC(=O)Nc1cccc(CNC(=O)c2cnc(C(=O)O)cn2)c1. The third kappa shape index (κ3) is 5.66. The molecule has 0 aliphatic heterocycles. The summed E-state index contributed by atoms with van der Waals surface area (Å²) in [5.41, 5.74) is 1.26. The Morgan fingerprint density at radius 1 is 1.12 bits per heavy atom. The van der Waals surface area contributed by atoms with Gasteiger partial charge in [-0.1, -0.05) is 26.0 Å². The Kier molecular flexibility index (Phi) is 6.37. The van der Waals surface area contributed by atoms with Gasteiger partial charge in [0.15, 0.2) is 5.69 Å². The number of carbonyl (C=O) groups is 3. The molecule has 3 N–H and O–H groups in total. The molecular formula is C18H20N4O4. The molecular weight excluding hydrogens is 336 g/mol. The summed E-state index contributed by atoms with van der Waals surface area (Å²) in [6.45, 7) is 4.17. The normalized spacial score (nSPS) is 10.4. The minimum absolute atomic E-state index is 0.0244. The zero-order chi connectivity index (χ0) is 19.1. The summed E-state index contributed by atoms with van der Waals surface area (Å²) < 4.78 is 0. The van der Waals surface area contributed by atoms with Crippen molar-refractivity contribution < 1.29 is 19.5 Å². The fourth-order valence-corrected chi connectivity index (χ4v) is 2.17. The number of aromatic carboxylic acids is 1. The van der Waals surface area contributed by atoms with E-state index in [0.29, 0.717) is 12.1 Å². The van der Waals surface area contributed by atoms with Crippen molar-refractivity contribution in [3.8, 4) is 0 Å². The van der Waals surface area contributed by atoms with Crippen LogP contribution in [0.1, 0.15) is 46.8 Å². The number of benzene rings is 1. The Labute approximate surface area is 150 Å². The van der Waals surface area contributed by atoms with Crippen molar-refractivity contribution >= 4 is 23.5 Å². The van der Waals surface area contributed by atoms with Crippen LogP contribution in [0.15, 0.2) is 36.7 Å². The van der Waals surface area contributed by atoms with Gasteiger partial charge in [-0.05, 0) is 23.6 Å². The molecule has 0 radical (unpaired) electrons. The average Bonchev–Trinajstić information content (AvgIpc) is 2.59. The predicted molar refractivity (Wildman–Crippen MR) is 94.7 cm³/mol. The van der Waals surface area contributed by atoms with Crippen LogP contribution in [-0.2, 0) is 11.3 Å². The average molecular weight is 356 g/mol. The molecule has 0 saturated heterocycles. The number of carboxylic acids is 1. The molecule has 1 heterocycles. The fourth-order valence-electron chi connectivity index (χ4n) is 2.17. The molecule has 2 aromatic rings. The number of aromatic nitrogens is 2. The number of carbonyl (C=O) groups excluding carboxylic acids is 2. The van der Waals surface area contributed by atoms with Crippen LogP contribution >= 0.6 is 0 Å². The van der Waals surface area contributed by atoms with E-state index in [9.17, 15) is 14.4 Å². The van der Waals surface area contributed by atoms with E-state index in [0.717, 1.165) is 18.0 Å². The van der Waals surface area contributed by atoms with Crippen LogP contribution in [0.25, 0.3) is 0 Å². The number of rotatable bonds is 7. The highest BCUT2D eigenvalue weighted by Crippen LogP contribution is 2.12. The highest BCUT2D eigenvalue weighted by Gasteiger charge is 2.11. The standard InChI is InChI=1S/C18H20N4O4/c1-11(2)6-16(23)22-13-5-3-4-12(7-13)8-21-17(24)14-9-20-15(10-19-14)18(25)26/h3-5,7,9-11H,6,8H2,1-2H3,(H,21,24)(H,22,23)(H,25,26). The van der Waals surface area contributed by atoms with Crippen LogP contribution in [0.5, 0.6) is 0 Å². The van der Waals surface area contributed by atoms with E-state index in [2.05, 4.69) is 20.6 Å². The smallest absolute Gasteiger partial charge is 0.356 e. The Morgan fingerprint density at radius 2 is 1.81 bits per heavy atom. The Hall–Kier alpha value is -3.29. The largest absolute Gasteiger partial charge is 0.476 e. The second-order valence-corrected chi connectivity index (χ2v) is 6.12. The van der Waals surface area contributed by atoms with Crippen molar-refractivity contribution in [2.75, 3.05) is 5.32 Å². The molecule has 0 aliphatic rings. The van der Waals surface area contributed by atoms with Gasteiger partial charge in [-0.25, -0.2) is 14.8 Å². The van der Waals surface area contributed by atoms with E-state index < -0.39 is 11.9 Å². The van der Waals surface area contributed by atoms with Gasteiger partial charge in [0.2, 0.25) is 5.91 Å². The summed E-state index contributed by atoms with van der Waals surface area (Å²) >= 11 is 0. The van der Waals surface area contributed by atoms with Gasteiger partial charge in [-0.3, -0.25) is 9.59 Å². The molecule has 26 heavy (non-hydrogen) atoms. The van der Waals surface area contributed by atoms with Gasteiger partial charge < -0.3 is 15.7 Å². The van der Waals surface area contributed by atoms with E-state index in [-0.39, 0.29) is 29.8 Å². The number of nitrogens with zero attached hydrogens (tertiary/aromatic N) is 2. The Morgan fingerprint density at radius 3 is 2.42 bits per heavy atom. The van der Waals surface area contributed by atoms with E-state index in [1.807, 2.05) is 19.9 Å². The van der Waals surface area contributed by atoms with Crippen molar-refractivity contribution in [1.29, 1.82) is 0 Å². The van der Waals surface area contributed by atoms with E-state index >= 15 is 0 Å². The summed E-state index contributed by atoms with van der Waals surface area (Å²) in [7, 11) is 0. The van der Waals surface area contributed by atoms with Gasteiger partial charge in [0.05, 0.1) is 12.4 Å². The maximum atomic E-state index is 12.1. The lowest BCUT2D eigenvalue weighted by Gasteiger charge is -2.09. The van der Waals surface area contributed by atoms with Gasteiger partial charge in [0.25, 0.3) is 5.91 Å². The molecule has 8 heteroatoms. The lowest BCUT2D eigenvalue weighted by molar-refractivity contribution is -0.116. The zero-order valence-electron chi connectivity index (χ0n) is 14.5. The first-order chi connectivity index (χ1) is 12.3. The first kappa shape index (κ1) is 19.0. The van der Waals surface area contributed by atoms with Crippen molar-refractivity contribution in [2.24, 2.45) is 5.92 Å². The molecule has 2 rings (SSSR count). The van der Waals surface area contributed by atoms with Gasteiger partial charge in [0, 0.05) is 18.7 Å². The summed E-state index contributed by atoms with van der Waals surface area (Å²) in [5, 5.41) is 14.3. The van der Waals surface area contributed by atoms with Crippen LogP contribution in [0, 0.1) is 5.92 Å². The number of hydrogen-bond donors (Lipinski definition) is 3. The molecule has 0 bridgehead atoms. The molecule has 2 amide bonds. The summed E-state index contributed by atoms with van der Waals surface area (Å²) in [6, 6.07) is 7.16. The van der Waals surface area contributed by atoms with Crippen molar-refractivity contribution in [2.45, 2.75) is 26.8 Å².